The zero-order valence-corrected chi connectivity index (χ0v) is 9.94. The van der Waals surface area contributed by atoms with Gasteiger partial charge in [0.05, 0.1) is 29.1 Å². The number of para-hydroxylation sites is 1. The molecule has 0 aliphatic carbocycles. The zero-order chi connectivity index (χ0) is 12.6. The van der Waals surface area contributed by atoms with Crippen LogP contribution in [0.3, 0.4) is 0 Å². The number of rotatable bonds is 2. The molecule has 90 valence electrons. The molecule has 1 N–H and O–H groups in total. The van der Waals surface area contributed by atoms with Crippen molar-refractivity contribution < 1.29 is 5.11 Å². The highest BCUT2D eigenvalue weighted by Crippen LogP contribution is 2.18. The van der Waals surface area contributed by atoms with Crippen molar-refractivity contribution >= 4 is 22.5 Å². The second-order valence-electron chi connectivity index (χ2n) is 3.66. The van der Waals surface area contributed by atoms with Gasteiger partial charge in [0.25, 0.3) is 5.56 Å². The Labute approximate surface area is 101 Å². The van der Waals surface area contributed by atoms with Gasteiger partial charge in [-0.1, -0.05) is 17.7 Å². The molecule has 1 aromatic carbocycles. The molecule has 0 saturated heterocycles. The van der Waals surface area contributed by atoms with Gasteiger partial charge in [0.2, 0.25) is 0 Å². The van der Waals surface area contributed by atoms with Crippen LogP contribution in [0.5, 0.6) is 0 Å². The number of aliphatic hydroxyl groups excluding tert-OH is 1. The van der Waals surface area contributed by atoms with Crippen molar-refractivity contribution in [2.24, 2.45) is 7.05 Å². The quantitative estimate of drug-likeness (QED) is 0.841. The van der Waals surface area contributed by atoms with Crippen molar-refractivity contribution in [2.45, 2.75) is 6.54 Å². The number of nitrogens with zero attached hydrogens (tertiary/aromatic N) is 2. The number of hydrogen-bond donors (Lipinski definition) is 1. The topological polar surface area (TPSA) is 64.2 Å². The maximum absolute atomic E-state index is 12.0. The first-order valence-corrected chi connectivity index (χ1v) is 5.44. The number of fused-ring (bicyclic) bond motifs is 1. The molecule has 17 heavy (non-hydrogen) atoms. The van der Waals surface area contributed by atoms with E-state index < -0.39 is 11.2 Å². The van der Waals surface area contributed by atoms with Gasteiger partial charge < -0.3 is 5.11 Å². The molecular weight excluding hydrogens is 244 g/mol. The van der Waals surface area contributed by atoms with Crippen molar-refractivity contribution in [1.29, 1.82) is 0 Å². The smallest absolute Gasteiger partial charge is 0.331 e. The van der Waals surface area contributed by atoms with Crippen LogP contribution < -0.4 is 11.2 Å². The van der Waals surface area contributed by atoms with E-state index in [0.717, 1.165) is 4.57 Å². The molecule has 5 nitrogen and oxygen atoms in total. The van der Waals surface area contributed by atoms with Crippen LogP contribution in [0.15, 0.2) is 27.8 Å². The van der Waals surface area contributed by atoms with Crippen LogP contribution in [0.2, 0.25) is 5.02 Å². The molecule has 0 fully saturated rings. The molecule has 0 unspecified atom stereocenters. The molecule has 2 rings (SSSR count). The normalized spacial score (nSPS) is 11.0. The minimum atomic E-state index is -0.482. The van der Waals surface area contributed by atoms with E-state index >= 15 is 0 Å². The predicted octanol–water partition coefficient (Wildman–Crippen LogP) is 0.346. The van der Waals surface area contributed by atoms with E-state index in [1.54, 1.807) is 25.2 Å². The summed E-state index contributed by atoms with van der Waals surface area (Å²) in [6.45, 7) is -0.283. The summed E-state index contributed by atoms with van der Waals surface area (Å²) in [6, 6.07) is 4.88. The molecule has 0 spiro atoms. The van der Waals surface area contributed by atoms with Crippen LogP contribution >= 0.6 is 11.6 Å². The molecule has 2 aromatic rings. The standard InChI is InChI=1S/C11H11ClN2O3/c1-13-9-7(3-2-4-8(9)12)10(16)14(5-6-15)11(13)17/h2-4,15H,5-6H2,1H3. The number of aryl methyl sites for hydroxylation is 1. The first-order valence-electron chi connectivity index (χ1n) is 5.07. The van der Waals surface area contributed by atoms with E-state index in [1.807, 2.05) is 0 Å². The Morgan fingerprint density at radius 3 is 2.71 bits per heavy atom. The maximum Gasteiger partial charge on any atom is 0.331 e. The number of aromatic nitrogens is 2. The molecule has 0 amide bonds. The molecule has 6 heteroatoms. The maximum atomic E-state index is 12.0. The first-order chi connectivity index (χ1) is 8.07. The minimum Gasteiger partial charge on any atom is -0.395 e. The van der Waals surface area contributed by atoms with E-state index in [-0.39, 0.29) is 13.2 Å². The van der Waals surface area contributed by atoms with Gasteiger partial charge >= 0.3 is 5.69 Å². The van der Waals surface area contributed by atoms with Gasteiger partial charge in [0.15, 0.2) is 0 Å². The van der Waals surface area contributed by atoms with Gasteiger partial charge in [-0.25, -0.2) is 4.79 Å². The average molecular weight is 255 g/mol. The highest BCUT2D eigenvalue weighted by Gasteiger charge is 2.12. The fourth-order valence-electron chi connectivity index (χ4n) is 1.83. The summed E-state index contributed by atoms with van der Waals surface area (Å²) < 4.78 is 2.31. The predicted molar refractivity (Wildman–Crippen MR) is 65.5 cm³/mol. The monoisotopic (exact) mass is 254 g/mol. The highest BCUT2D eigenvalue weighted by molar-refractivity contribution is 6.35. The lowest BCUT2D eigenvalue weighted by atomic mass is 10.2. The van der Waals surface area contributed by atoms with Crippen molar-refractivity contribution in [2.75, 3.05) is 6.61 Å². The molecule has 0 atom stereocenters. The van der Waals surface area contributed by atoms with Crippen LogP contribution in [0.4, 0.5) is 0 Å². The third-order valence-electron chi connectivity index (χ3n) is 2.64. The van der Waals surface area contributed by atoms with E-state index in [2.05, 4.69) is 0 Å². The Morgan fingerprint density at radius 1 is 1.35 bits per heavy atom. The van der Waals surface area contributed by atoms with Gasteiger partial charge in [-0.05, 0) is 12.1 Å². The second-order valence-corrected chi connectivity index (χ2v) is 4.07. The third kappa shape index (κ3) is 1.77. The van der Waals surface area contributed by atoms with E-state index in [0.29, 0.717) is 15.9 Å². The van der Waals surface area contributed by atoms with Gasteiger partial charge in [-0.3, -0.25) is 13.9 Å². The molecule has 1 heterocycles. The van der Waals surface area contributed by atoms with Crippen molar-refractivity contribution in [3.05, 3.63) is 44.1 Å². The van der Waals surface area contributed by atoms with Crippen LogP contribution in [0, 0.1) is 0 Å². The number of benzene rings is 1. The Morgan fingerprint density at radius 2 is 2.06 bits per heavy atom. The Kier molecular flexibility index (Phi) is 3.04. The summed E-state index contributed by atoms with van der Waals surface area (Å²) in [4.78, 5) is 23.9. The molecule has 0 bridgehead atoms. The third-order valence-corrected chi connectivity index (χ3v) is 2.94. The summed E-state index contributed by atoms with van der Waals surface area (Å²) in [5.41, 5.74) is -0.498. The van der Waals surface area contributed by atoms with E-state index in [9.17, 15) is 9.59 Å². The lowest BCUT2D eigenvalue weighted by Gasteiger charge is -2.10. The number of halogens is 1. The van der Waals surface area contributed by atoms with Crippen molar-refractivity contribution in [3.8, 4) is 0 Å². The summed E-state index contributed by atoms with van der Waals surface area (Å²) in [5, 5.41) is 9.58. The molecule has 0 aliphatic heterocycles. The van der Waals surface area contributed by atoms with Crippen molar-refractivity contribution in [1.82, 2.24) is 9.13 Å². The van der Waals surface area contributed by atoms with Crippen LogP contribution in [-0.2, 0) is 13.6 Å². The summed E-state index contributed by atoms with van der Waals surface area (Å²) >= 11 is 5.98. The van der Waals surface area contributed by atoms with Gasteiger partial charge in [-0.2, -0.15) is 0 Å². The summed E-state index contributed by atoms with van der Waals surface area (Å²) in [6.07, 6.45) is 0. The zero-order valence-electron chi connectivity index (χ0n) is 9.18. The fraction of sp³-hybridized carbons (Fsp3) is 0.273. The largest absolute Gasteiger partial charge is 0.395 e. The average Bonchev–Trinajstić information content (AvgIpc) is 2.31. The number of aliphatic hydroxyl groups is 1. The minimum absolute atomic E-state index is 0.0199. The molecule has 0 aliphatic rings. The second kappa shape index (κ2) is 4.35. The van der Waals surface area contributed by atoms with Gasteiger partial charge in [-0.15, -0.1) is 0 Å². The molecule has 1 aromatic heterocycles. The first kappa shape index (κ1) is 11.9. The highest BCUT2D eigenvalue weighted by atomic mass is 35.5. The van der Waals surface area contributed by atoms with Crippen LogP contribution in [0.25, 0.3) is 10.9 Å². The van der Waals surface area contributed by atoms with E-state index in [4.69, 9.17) is 16.7 Å². The fourth-order valence-corrected chi connectivity index (χ4v) is 2.14. The summed E-state index contributed by atoms with van der Waals surface area (Å²) in [7, 11) is 1.55. The Hall–Kier alpha value is -1.59. The Balaban J connectivity index is 3.01. The SMILES string of the molecule is Cn1c(=O)n(CCO)c(=O)c2cccc(Cl)c21. The Bertz CT molecular complexity index is 687. The van der Waals surface area contributed by atoms with Crippen LogP contribution in [0.1, 0.15) is 0 Å². The lowest BCUT2D eigenvalue weighted by molar-refractivity contribution is 0.271. The summed E-state index contributed by atoms with van der Waals surface area (Å²) in [5.74, 6) is 0. The van der Waals surface area contributed by atoms with Crippen molar-refractivity contribution in [3.63, 3.8) is 0 Å². The lowest BCUT2D eigenvalue weighted by Crippen LogP contribution is -2.39. The molecule has 0 saturated carbocycles. The molecule has 0 radical (unpaired) electrons. The molecular formula is C11H11ClN2O3. The van der Waals surface area contributed by atoms with Gasteiger partial charge in [0.1, 0.15) is 0 Å². The van der Waals surface area contributed by atoms with E-state index in [1.165, 1.54) is 4.57 Å². The number of hydrogen-bond acceptors (Lipinski definition) is 3. The van der Waals surface area contributed by atoms with Crippen LogP contribution in [-0.4, -0.2) is 20.8 Å². The van der Waals surface area contributed by atoms with Gasteiger partial charge in [0, 0.05) is 7.05 Å².